The van der Waals surface area contributed by atoms with E-state index in [4.69, 9.17) is 0 Å². The predicted octanol–water partition coefficient (Wildman–Crippen LogP) is 1.95. The number of benzene rings is 1. The Morgan fingerprint density at radius 1 is 1.18 bits per heavy atom. The van der Waals surface area contributed by atoms with Crippen molar-refractivity contribution in [2.24, 2.45) is 5.73 Å². The normalized spacial score (nSPS) is 14.2. The molecule has 1 unspecified atom stereocenters. The van der Waals surface area contributed by atoms with Crippen molar-refractivity contribution in [3.8, 4) is 0 Å². The first kappa shape index (κ1) is 15.4. The maximum atomic E-state index is 12.5. The highest BCUT2D eigenvalue weighted by Gasteiger charge is 2.59. The van der Waals surface area contributed by atoms with Gasteiger partial charge >= 0.3 is 6.18 Å². The molecule has 3 nitrogen and oxygen atoms in total. The highest BCUT2D eigenvalue weighted by atomic mass is 19.4. The zero-order valence-corrected chi connectivity index (χ0v) is 9.45. The van der Waals surface area contributed by atoms with Crippen LogP contribution in [-0.2, 0) is 10.4 Å². The van der Waals surface area contributed by atoms with E-state index in [1.54, 1.807) is 0 Å². The maximum absolute atomic E-state index is 12.5. The molecule has 0 radical (unpaired) electrons. The Balaban J connectivity index is 0.00000121. The lowest BCUT2D eigenvalue weighted by molar-refractivity contribution is -0.255. The lowest BCUT2D eigenvalue weighted by atomic mass is 9.92. The van der Waals surface area contributed by atoms with Crippen LogP contribution in [0.3, 0.4) is 0 Å². The third-order valence-corrected chi connectivity index (χ3v) is 1.96. The van der Waals surface area contributed by atoms with E-state index >= 15 is 0 Å². The van der Waals surface area contributed by atoms with Gasteiger partial charge in [0.05, 0.1) is 0 Å². The molecule has 0 aliphatic carbocycles. The first-order valence-corrected chi connectivity index (χ1v) is 4.94. The Kier molecular flexibility index (Phi) is 5.15. The van der Waals surface area contributed by atoms with Crippen LogP contribution in [0, 0.1) is 0 Å². The minimum absolute atomic E-state index is 0.593. The molecule has 1 aromatic rings. The summed E-state index contributed by atoms with van der Waals surface area (Å²) < 4.78 is 37.5. The minimum Gasteiger partial charge on any atom is -0.369 e. The summed E-state index contributed by atoms with van der Waals surface area (Å²) in [6, 6.07) is 5.97. The third-order valence-electron chi connectivity index (χ3n) is 1.96. The largest absolute Gasteiger partial charge is 0.430 e. The molecular formula is C11H14F3NO2. The van der Waals surface area contributed by atoms with Crippen LogP contribution in [-0.4, -0.2) is 17.2 Å². The lowest BCUT2D eigenvalue weighted by Gasteiger charge is -2.27. The Morgan fingerprint density at radius 2 is 1.59 bits per heavy atom. The van der Waals surface area contributed by atoms with Crippen molar-refractivity contribution >= 4 is 5.91 Å². The zero-order chi connectivity index (χ0) is 13.7. The van der Waals surface area contributed by atoms with Crippen LogP contribution in [0.5, 0.6) is 0 Å². The number of alkyl halides is 3. The van der Waals surface area contributed by atoms with Gasteiger partial charge in [0.2, 0.25) is 0 Å². The maximum Gasteiger partial charge on any atom is 0.430 e. The van der Waals surface area contributed by atoms with E-state index in [1.165, 1.54) is 18.2 Å². The second-order valence-electron chi connectivity index (χ2n) is 2.94. The molecule has 0 saturated heterocycles. The third kappa shape index (κ3) is 2.97. The topological polar surface area (TPSA) is 63.3 Å². The molecular weight excluding hydrogens is 235 g/mol. The van der Waals surface area contributed by atoms with Gasteiger partial charge in [-0.15, -0.1) is 0 Å². The highest BCUT2D eigenvalue weighted by Crippen LogP contribution is 2.38. The van der Waals surface area contributed by atoms with E-state index in [0.717, 1.165) is 12.1 Å². The quantitative estimate of drug-likeness (QED) is 0.841. The first-order chi connectivity index (χ1) is 7.80. The van der Waals surface area contributed by atoms with Crippen LogP contribution in [0.25, 0.3) is 0 Å². The number of carbonyl (C=O) groups excluding carboxylic acids is 1. The van der Waals surface area contributed by atoms with Crippen molar-refractivity contribution in [1.29, 1.82) is 0 Å². The molecule has 0 aliphatic rings. The van der Waals surface area contributed by atoms with E-state index in [-0.39, 0.29) is 0 Å². The number of carbonyl (C=O) groups is 1. The van der Waals surface area contributed by atoms with Gasteiger partial charge in [-0.25, -0.2) is 0 Å². The number of nitrogens with two attached hydrogens (primary N) is 1. The van der Waals surface area contributed by atoms with Gasteiger partial charge in [0.25, 0.3) is 11.5 Å². The second kappa shape index (κ2) is 5.67. The molecule has 17 heavy (non-hydrogen) atoms. The van der Waals surface area contributed by atoms with Crippen molar-refractivity contribution in [3.63, 3.8) is 0 Å². The first-order valence-electron chi connectivity index (χ1n) is 4.94. The van der Waals surface area contributed by atoms with Gasteiger partial charge in [-0.3, -0.25) is 4.79 Å². The van der Waals surface area contributed by atoms with Gasteiger partial charge in [0, 0.05) is 5.56 Å². The summed E-state index contributed by atoms with van der Waals surface area (Å²) in [5.41, 5.74) is 0.357. The number of rotatable bonds is 2. The highest BCUT2D eigenvalue weighted by molar-refractivity contribution is 5.85. The standard InChI is InChI=1S/C9H8F3NO2.C2H6/c10-9(11,12)8(15,7(13)14)6-4-2-1-3-5-6;1-2/h1-5,15H,(H2,13,14);1-2H3. The average molecular weight is 249 g/mol. The molecule has 0 heterocycles. The van der Waals surface area contributed by atoms with Gasteiger partial charge in [0.1, 0.15) is 0 Å². The van der Waals surface area contributed by atoms with E-state index in [1.807, 2.05) is 13.8 Å². The molecule has 1 rings (SSSR count). The van der Waals surface area contributed by atoms with E-state index in [2.05, 4.69) is 5.73 Å². The summed E-state index contributed by atoms with van der Waals surface area (Å²) >= 11 is 0. The summed E-state index contributed by atoms with van der Waals surface area (Å²) in [5.74, 6) is -1.85. The van der Waals surface area contributed by atoms with Crippen molar-refractivity contribution < 1.29 is 23.1 Å². The summed E-state index contributed by atoms with van der Waals surface area (Å²) in [6.07, 6.45) is -5.14. The smallest absolute Gasteiger partial charge is 0.369 e. The van der Waals surface area contributed by atoms with Crippen LogP contribution in [0.1, 0.15) is 19.4 Å². The molecule has 1 amide bonds. The summed E-state index contributed by atoms with van der Waals surface area (Å²) in [6.45, 7) is 4.00. The molecule has 1 atom stereocenters. The van der Waals surface area contributed by atoms with Gasteiger partial charge in [-0.05, 0) is 0 Å². The van der Waals surface area contributed by atoms with Gasteiger partial charge in [-0.1, -0.05) is 44.2 Å². The lowest BCUT2D eigenvalue weighted by Crippen LogP contribution is -2.52. The van der Waals surface area contributed by atoms with Gasteiger partial charge in [-0.2, -0.15) is 13.2 Å². The fourth-order valence-electron chi connectivity index (χ4n) is 1.12. The van der Waals surface area contributed by atoms with Crippen molar-refractivity contribution in [1.82, 2.24) is 0 Å². The molecule has 0 bridgehead atoms. The fraction of sp³-hybridized carbons (Fsp3) is 0.364. The van der Waals surface area contributed by atoms with Crippen LogP contribution >= 0.6 is 0 Å². The Hall–Kier alpha value is -1.56. The van der Waals surface area contributed by atoms with Crippen molar-refractivity contribution in [2.45, 2.75) is 25.6 Å². The zero-order valence-electron chi connectivity index (χ0n) is 9.45. The monoisotopic (exact) mass is 249 g/mol. The molecule has 0 fully saturated rings. The second-order valence-corrected chi connectivity index (χ2v) is 2.94. The molecule has 1 aromatic carbocycles. The molecule has 3 N–H and O–H groups in total. The van der Waals surface area contributed by atoms with Crippen LogP contribution in [0.4, 0.5) is 13.2 Å². The molecule has 0 saturated carbocycles. The molecule has 0 spiro atoms. The molecule has 0 aromatic heterocycles. The SMILES string of the molecule is CC.NC(=O)C(O)(c1ccccc1)C(F)(F)F. The van der Waals surface area contributed by atoms with Crippen molar-refractivity contribution in [3.05, 3.63) is 35.9 Å². The Bertz CT molecular complexity index is 365. The van der Waals surface area contributed by atoms with Crippen LogP contribution < -0.4 is 5.73 Å². The van der Waals surface area contributed by atoms with E-state index < -0.39 is 23.2 Å². The molecule has 0 aliphatic heterocycles. The number of hydrogen-bond acceptors (Lipinski definition) is 2. The number of amides is 1. The van der Waals surface area contributed by atoms with E-state index in [0.29, 0.717) is 0 Å². The molecule has 6 heteroatoms. The summed E-state index contributed by atoms with van der Waals surface area (Å²) in [5, 5.41) is 9.30. The van der Waals surface area contributed by atoms with Gasteiger partial charge < -0.3 is 10.8 Å². The number of primary amides is 1. The summed E-state index contributed by atoms with van der Waals surface area (Å²) in [7, 11) is 0. The minimum atomic E-state index is -5.14. The summed E-state index contributed by atoms with van der Waals surface area (Å²) in [4.78, 5) is 10.7. The molecule has 96 valence electrons. The number of aliphatic hydroxyl groups is 1. The van der Waals surface area contributed by atoms with Crippen molar-refractivity contribution in [2.75, 3.05) is 0 Å². The predicted molar refractivity (Wildman–Crippen MR) is 56.9 cm³/mol. The van der Waals surface area contributed by atoms with Gasteiger partial charge in [0.15, 0.2) is 0 Å². The Labute approximate surface area is 97.1 Å². The Morgan fingerprint density at radius 3 is 1.88 bits per heavy atom. The van der Waals surface area contributed by atoms with E-state index in [9.17, 15) is 23.1 Å². The fourth-order valence-corrected chi connectivity index (χ4v) is 1.12. The number of hydrogen-bond donors (Lipinski definition) is 2. The average Bonchev–Trinajstić information content (AvgIpc) is 2.30. The van der Waals surface area contributed by atoms with Crippen LogP contribution in [0.2, 0.25) is 0 Å². The van der Waals surface area contributed by atoms with Crippen LogP contribution in [0.15, 0.2) is 30.3 Å². The number of halogens is 3.